The minimum absolute atomic E-state index is 0.0699. The number of amides is 1. The molecule has 1 fully saturated rings. The molecule has 3 heterocycles. The second-order valence-electron chi connectivity index (χ2n) is 5.42. The van der Waals surface area contributed by atoms with Gasteiger partial charge < -0.3 is 10.0 Å². The van der Waals surface area contributed by atoms with Crippen LogP contribution in [-0.4, -0.2) is 43.8 Å². The monoisotopic (exact) mass is 286 g/mol. The molecule has 1 amide bonds. The first-order valence-electron chi connectivity index (χ1n) is 7.09. The molecule has 1 aliphatic rings. The summed E-state index contributed by atoms with van der Waals surface area (Å²) in [5.74, 6) is -0.291. The van der Waals surface area contributed by atoms with Crippen LogP contribution >= 0.6 is 0 Å². The molecule has 1 atom stereocenters. The molecule has 1 N–H and O–H groups in total. The van der Waals surface area contributed by atoms with E-state index in [0.717, 1.165) is 18.4 Å². The third kappa shape index (κ3) is 2.74. The van der Waals surface area contributed by atoms with E-state index < -0.39 is 0 Å². The molecule has 110 valence electrons. The lowest BCUT2D eigenvalue weighted by Gasteiger charge is -2.32. The molecule has 0 saturated carbocycles. The molecule has 2 aromatic heterocycles. The maximum absolute atomic E-state index is 12.5. The zero-order valence-electron chi connectivity index (χ0n) is 11.9. The summed E-state index contributed by atoms with van der Waals surface area (Å²) < 4.78 is 1.92. The Morgan fingerprint density at radius 1 is 1.48 bits per heavy atom. The summed E-state index contributed by atoms with van der Waals surface area (Å²) in [6.07, 6.45) is 7.26. The third-order valence-electron chi connectivity index (χ3n) is 3.78. The van der Waals surface area contributed by atoms with Crippen molar-refractivity contribution in [1.29, 1.82) is 0 Å². The summed E-state index contributed by atoms with van der Waals surface area (Å²) in [7, 11) is 0. The normalized spacial score (nSPS) is 18.7. The molecule has 1 saturated heterocycles. The first-order valence-corrected chi connectivity index (χ1v) is 7.09. The largest absolute Gasteiger partial charge is 0.505 e. The van der Waals surface area contributed by atoms with Crippen molar-refractivity contribution in [2.75, 3.05) is 13.1 Å². The van der Waals surface area contributed by atoms with Crippen molar-refractivity contribution in [1.82, 2.24) is 19.7 Å². The number of rotatable bonds is 2. The lowest BCUT2D eigenvalue weighted by atomic mass is 10.1. The summed E-state index contributed by atoms with van der Waals surface area (Å²) in [4.78, 5) is 18.2. The predicted molar refractivity (Wildman–Crippen MR) is 77.0 cm³/mol. The van der Waals surface area contributed by atoms with E-state index in [4.69, 9.17) is 0 Å². The van der Waals surface area contributed by atoms with Gasteiger partial charge in [-0.25, -0.2) is 4.98 Å². The van der Waals surface area contributed by atoms with Crippen LogP contribution in [0.1, 0.15) is 34.9 Å². The van der Waals surface area contributed by atoms with E-state index in [1.54, 1.807) is 11.0 Å². The van der Waals surface area contributed by atoms with Crippen molar-refractivity contribution in [2.45, 2.75) is 25.8 Å². The number of carbonyl (C=O) groups excluding carboxylic acids is 1. The van der Waals surface area contributed by atoms with E-state index in [1.807, 2.05) is 24.0 Å². The Kier molecular flexibility index (Phi) is 3.60. The molecule has 0 spiro atoms. The van der Waals surface area contributed by atoms with Gasteiger partial charge in [0.25, 0.3) is 5.91 Å². The van der Waals surface area contributed by atoms with E-state index in [1.165, 1.54) is 12.3 Å². The first kappa shape index (κ1) is 13.6. The van der Waals surface area contributed by atoms with Crippen LogP contribution in [0.15, 0.2) is 30.7 Å². The summed E-state index contributed by atoms with van der Waals surface area (Å²) in [6, 6.07) is 3.28. The van der Waals surface area contributed by atoms with E-state index in [9.17, 15) is 9.90 Å². The van der Waals surface area contributed by atoms with Crippen molar-refractivity contribution in [3.8, 4) is 5.75 Å². The Bertz CT molecular complexity index is 653. The minimum Gasteiger partial charge on any atom is -0.505 e. The van der Waals surface area contributed by atoms with Crippen molar-refractivity contribution in [3.63, 3.8) is 0 Å². The lowest BCUT2D eigenvalue weighted by Crippen LogP contribution is -2.41. The molecule has 0 radical (unpaired) electrons. The molecule has 0 aromatic carbocycles. The Balaban J connectivity index is 1.77. The maximum atomic E-state index is 12.5. The number of pyridine rings is 1. The van der Waals surface area contributed by atoms with E-state index in [0.29, 0.717) is 13.1 Å². The second kappa shape index (κ2) is 5.55. The fourth-order valence-corrected chi connectivity index (χ4v) is 2.70. The van der Waals surface area contributed by atoms with Crippen LogP contribution in [0.5, 0.6) is 5.75 Å². The van der Waals surface area contributed by atoms with Gasteiger partial charge >= 0.3 is 0 Å². The average Bonchev–Trinajstić information content (AvgIpc) is 2.94. The SMILES string of the molecule is Cc1cnn([C@H]2CCCN(C(=O)c3ncccc3O)C2)c1. The number of hydrogen-bond acceptors (Lipinski definition) is 4. The van der Waals surface area contributed by atoms with Gasteiger partial charge in [0.1, 0.15) is 5.75 Å². The van der Waals surface area contributed by atoms with Crippen LogP contribution in [0.2, 0.25) is 0 Å². The van der Waals surface area contributed by atoms with Crippen LogP contribution in [0.25, 0.3) is 0 Å². The summed E-state index contributed by atoms with van der Waals surface area (Å²) in [6.45, 7) is 3.28. The number of aromatic nitrogens is 3. The highest BCUT2D eigenvalue weighted by atomic mass is 16.3. The maximum Gasteiger partial charge on any atom is 0.276 e. The number of carbonyl (C=O) groups is 1. The van der Waals surface area contributed by atoms with Crippen LogP contribution in [0.4, 0.5) is 0 Å². The van der Waals surface area contributed by atoms with Crippen molar-refractivity contribution < 1.29 is 9.90 Å². The van der Waals surface area contributed by atoms with Gasteiger partial charge in [-0.1, -0.05) is 0 Å². The predicted octanol–water partition coefficient (Wildman–Crippen LogP) is 1.77. The third-order valence-corrected chi connectivity index (χ3v) is 3.78. The average molecular weight is 286 g/mol. The van der Waals surface area contributed by atoms with Crippen LogP contribution < -0.4 is 0 Å². The van der Waals surface area contributed by atoms with Gasteiger partial charge in [-0.2, -0.15) is 5.10 Å². The van der Waals surface area contributed by atoms with Gasteiger partial charge in [0.2, 0.25) is 0 Å². The number of aromatic hydroxyl groups is 1. The Labute approximate surface area is 123 Å². The molecule has 3 rings (SSSR count). The van der Waals surface area contributed by atoms with E-state index in [2.05, 4.69) is 10.1 Å². The standard InChI is InChI=1S/C15H18N4O2/c1-11-8-17-19(9-11)12-4-3-7-18(10-12)15(21)14-13(20)5-2-6-16-14/h2,5-6,8-9,12,20H,3-4,7,10H2,1H3/t12-/m0/s1. The summed E-state index contributed by atoms with van der Waals surface area (Å²) in [5, 5.41) is 14.1. The molecule has 6 heteroatoms. The topological polar surface area (TPSA) is 71.2 Å². The second-order valence-corrected chi connectivity index (χ2v) is 5.42. The van der Waals surface area contributed by atoms with Crippen molar-refractivity contribution in [3.05, 3.63) is 42.0 Å². The zero-order valence-corrected chi connectivity index (χ0v) is 11.9. The molecule has 0 bridgehead atoms. The first-order chi connectivity index (χ1) is 10.1. The highest BCUT2D eigenvalue weighted by Crippen LogP contribution is 2.24. The Morgan fingerprint density at radius 3 is 3.05 bits per heavy atom. The molecule has 21 heavy (non-hydrogen) atoms. The van der Waals surface area contributed by atoms with Gasteiger partial charge in [-0.15, -0.1) is 0 Å². The zero-order chi connectivity index (χ0) is 14.8. The summed E-state index contributed by atoms with van der Waals surface area (Å²) in [5.41, 5.74) is 1.23. The Morgan fingerprint density at radius 2 is 2.33 bits per heavy atom. The number of likely N-dealkylation sites (tertiary alicyclic amines) is 1. The van der Waals surface area contributed by atoms with Gasteiger partial charge in [-0.3, -0.25) is 9.48 Å². The van der Waals surface area contributed by atoms with E-state index in [-0.39, 0.29) is 23.4 Å². The lowest BCUT2D eigenvalue weighted by molar-refractivity contribution is 0.0663. The molecule has 6 nitrogen and oxygen atoms in total. The smallest absolute Gasteiger partial charge is 0.276 e. The number of piperidine rings is 1. The molecule has 0 unspecified atom stereocenters. The highest BCUT2D eigenvalue weighted by Gasteiger charge is 2.27. The van der Waals surface area contributed by atoms with Gasteiger partial charge in [-0.05, 0) is 37.5 Å². The molecular formula is C15H18N4O2. The van der Waals surface area contributed by atoms with Crippen LogP contribution in [0, 0.1) is 6.92 Å². The van der Waals surface area contributed by atoms with Crippen LogP contribution in [-0.2, 0) is 0 Å². The van der Waals surface area contributed by atoms with Gasteiger partial charge in [0.15, 0.2) is 5.69 Å². The fourth-order valence-electron chi connectivity index (χ4n) is 2.70. The molecule has 2 aromatic rings. The van der Waals surface area contributed by atoms with E-state index >= 15 is 0 Å². The van der Waals surface area contributed by atoms with Gasteiger partial charge in [0, 0.05) is 25.5 Å². The van der Waals surface area contributed by atoms with Crippen molar-refractivity contribution >= 4 is 5.91 Å². The van der Waals surface area contributed by atoms with Crippen molar-refractivity contribution in [2.24, 2.45) is 0 Å². The van der Waals surface area contributed by atoms with Gasteiger partial charge in [0.05, 0.1) is 12.2 Å². The highest BCUT2D eigenvalue weighted by molar-refractivity contribution is 5.94. The number of nitrogens with zero attached hydrogens (tertiary/aromatic N) is 4. The Hall–Kier alpha value is -2.37. The minimum atomic E-state index is -0.221. The number of hydrogen-bond donors (Lipinski definition) is 1. The fraction of sp³-hybridized carbons (Fsp3) is 0.400. The molecule has 0 aliphatic carbocycles. The number of aryl methyl sites for hydroxylation is 1. The summed E-state index contributed by atoms with van der Waals surface area (Å²) >= 11 is 0. The molecule has 1 aliphatic heterocycles. The molecular weight excluding hydrogens is 268 g/mol. The van der Waals surface area contributed by atoms with Crippen LogP contribution in [0.3, 0.4) is 0 Å². The quantitative estimate of drug-likeness (QED) is 0.913.